The summed E-state index contributed by atoms with van der Waals surface area (Å²) in [5.74, 6) is 0.0236. The van der Waals surface area contributed by atoms with Crippen LogP contribution >= 0.6 is 11.6 Å². The number of nitrogens with one attached hydrogen (secondary N) is 2. The highest BCUT2D eigenvalue weighted by molar-refractivity contribution is 6.31. The first-order chi connectivity index (χ1) is 14.5. The number of rotatable bonds is 6. The average molecular weight is 418 g/mol. The second kappa shape index (κ2) is 8.72. The van der Waals surface area contributed by atoms with E-state index in [0.717, 1.165) is 46.4 Å². The molecular formula is C25H24ClN3O. The van der Waals surface area contributed by atoms with Crippen LogP contribution in [0.4, 0.5) is 5.69 Å². The van der Waals surface area contributed by atoms with Gasteiger partial charge < -0.3 is 10.3 Å². The topological polar surface area (TPSA) is 57.8 Å². The molecule has 0 aliphatic heterocycles. The van der Waals surface area contributed by atoms with E-state index in [4.69, 9.17) is 11.6 Å². The van der Waals surface area contributed by atoms with E-state index in [1.165, 1.54) is 11.1 Å². The Morgan fingerprint density at radius 3 is 2.70 bits per heavy atom. The summed E-state index contributed by atoms with van der Waals surface area (Å²) in [6.45, 7) is 4.11. The number of halogens is 1. The molecule has 2 aromatic heterocycles. The first-order valence-electron chi connectivity index (χ1n) is 10.1. The number of hydrogen-bond acceptors (Lipinski definition) is 2. The summed E-state index contributed by atoms with van der Waals surface area (Å²) in [6.07, 6.45) is 3.72. The zero-order valence-corrected chi connectivity index (χ0v) is 17.9. The lowest BCUT2D eigenvalue weighted by molar-refractivity contribution is -0.116. The van der Waals surface area contributed by atoms with Gasteiger partial charge in [-0.15, -0.1) is 0 Å². The van der Waals surface area contributed by atoms with Gasteiger partial charge in [0.25, 0.3) is 0 Å². The van der Waals surface area contributed by atoms with Gasteiger partial charge in [-0.25, -0.2) is 0 Å². The number of anilines is 1. The van der Waals surface area contributed by atoms with Gasteiger partial charge in [0, 0.05) is 34.2 Å². The highest BCUT2D eigenvalue weighted by atomic mass is 35.5. The zero-order valence-electron chi connectivity index (χ0n) is 17.1. The third-order valence-electron chi connectivity index (χ3n) is 5.41. The van der Waals surface area contributed by atoms with E-state index in [2.05, 4.69) is 22.2 Å². The van der Waals surface area contributed by atoms with Gasteiger partial charge in [-0.05, 0) is 85.8 Å². The summed E-state index contributed by atoms with van der Waals surface area (Å²) in [7, 11) is 0. The van der Waals surface area contributed by atoms with Crippen molar-refractivity contribution in [2.75, 3.05) is 5.32 Å². The molecule has 0 aliphatic rings. The van der Waals surface area contributed by atoms with Crippen molar-refractivity contribution < 1.29 is 4.79 Å². The Hall–Kier alpha value is -3.11. The summed E-state index contributed by atoms with van der Waals surface area (Å²) in [5.41, 5.74) is 7.27. The smallest absolute Gasteiger partial charge is 0.224 e. The lowest BCUT2D eigenvalue weighted by Gasteiger charge is -2.08. The molecule has 152 valence electrons. The Morgan fingerprint density at radius 1 is 1.07 bits per heavy atom. The predicted octanol–water partition coefficient (Wildman–Crippen LogP) is 6.46. The van der Waals surface area contributed by atoms with Crippen LogP contribution in [0.15, 0.2) is 60.8 Å². The minimum Gasteiger partial charge on any atom is -0.353 e. The fourth-order valence-corrected chi connectivity index (χ4v) is 3.85. The van der Waals surface area contributed by atoms with Crippen LogP contribution in [-0.4, -0.2) is 15.9 Å². The number of amides is 1. The number of benzene rings is 2. The molecule has 30 heavy (non-hydrogen) atoms. The second-order valence-electron chi connectivity index (χ2n) is 7.58. The van der Waals surface area contributed by atoms with Crippen molar-refractivity contribution in [1.29, 1.82) is 0 Å². The Balaban J connectivity index is 1.51. The van der Waals surface area contributed by atoms with Crippen molar-refractivity contribution in [2.45, 2.75) is 33.1 Å². The van der Waals surface area contributed by atoms with Gasteiger partial charge in [-0.3, -0.25) is 9.78 Å². The predicted molar refractivity (Wildman–Crippen MR) is 124 cm³/mol. The van der Waals surface area contributed by atoms with Gasteiger partial charge in [0.2, 0.25) is 5.91 Å². The zero-order chi connectivity index (χ0) is 21.1. The molecule has 0 unspecified atom stereocenters. The maximum absolute atomic E-state index is 12.5. The molecule has 4 aromatic rings. The summed E-state index contributed by atoms with van der Waals surface area (Å²) in [5, 5.41) is 4.78. The maximum atomic E-state index is 12.5. The fourth-order valence-electron chi connectivity index (χ4n) is 3.68. The number of carbonyl (C=O) groups is 1. The van der Waals surface area contributed by atoms with Crippen LogP contribution in [0.25, 0.3) is 22.3 Å². The van der Waals surface area contributed by atoms with Crippen LogP contribution in [0.3, 0.4) is 0 Å². The van der Waals surface area contributed by atoms with E-state index in [9.17, 15) is 4.79 Å². The summed E-state index contributed by atoms with van der Waals surface area (Å²) in [6, 6.07) is 17.7. The molecule has 2 aromatic carbocycles. The molecular weight excluding hydrogens is 394 g/mol. The van der Waals surface area contributed by atoms with Gasteiger partial charge in [0.1, 0.15) is 0 Å². The Kier molecular flexibility index (Phi) is 5.86. The van der Waals surface area contributed by atoms with Gasteiger partial charge in [-0.2, -0.15) is 0 Å². The van der Waals surface area contributed by atoms with E-state index in [0.29, 0.717) is 11.4 Å². The summed E-state index contributed by atoms with van der Waals surface area (Å²) < 4.78 is 0. The molecule has 0 saturated heterocycles. The Bertz CT molecular complexity index is 1200. The van der Waals surface area contributed by atoms with Crippen LogP contribution in [0.1, 0.15) is 29.5 Å². The van der Waals surface area contributed by atoms with Gasteiger partial charge >= 0.3 is 0 Å². The molecule has 2 N–H and O–H groups in total. The van der Waals surface area contributed by atoms with Crippen molar-refractivity contribution in [2.24, 2.45) is 0 Å². The van der Waals surface area contributed by atoms with E-state index >= 15 is 0 Å². The molecule has 0 bridgehead atoms. The lowest BCUT2D eigenvalue weighted by Crippen LogP contribution is -2.11. The van der Waals surface area contributed by atoms with Crippen LogP contribution in [-0.2, 0) is 11.2 Å². The third kappa shape index (κ3) is 4.39. The largest absolute Gasteiger partial charge is 0.353 e. The molecule has 0 aliphatic carbocycles. The molecule has 0 fully saturated rings. The van der Waals surface area contributed by atoms with Crippen molar-refractivity contribution in [3.63, 3.8) is 0 Å². The van der Waals surface area contributed by atoms with Gasteiger partial charge in [0.05, 0.1) is 11.4 Å². The van der Waals surface area contributed by atoms with Crippen molar-refractivity contribution in [1.82, 2.24) is 9.97 Å². The Morgan fingerprint density at radius 2 is 1.93 bits per heavy atom. The molecule has 4 nitrogen and oxygen atoms in total. The van der Waals surface area contributed by atoms with Crippen molar-refractivity contribution in [3.05, 3.63) is 82.5 Å². The fraction of sp³-hybridized carbons (Fsp3) is 0.200. The Labute approximate surface area is 181 Å². The number of aryl methyl sites for hydroxylation is 3. The summed E-state index contributed by atoms with van der Waals surface area (Å²) >= 11 is 6.25. The number of aromatic amines is 1. The molecule has 5 heteroatoms. The number of hydrogen-bond donors (Lipinski definition) is 2. The molecule has 0 saturated carbocycles. The minimum absolute atomic E-state index is 0.0236. The number of pyridine rings is 1. The third-order valence-corrected chi connectivity index (χ3v) is 5.65. The van der Waals surface area contributed by atoms with E-state index in [1.807, 2.05) is 61.5 Å². The molecule has 4 rings (SSSR count). The monoisotopic (exact) mass is 417 g/mol. The second-order valence-corrected chi connectivity index (χ2v) is 8.02. The van der Waals surface area contributed by atoms with Crippen LogP contribution in [0, 0.1) is 13.8 Å². The molecule has 2 heterocycles. The number of aromatic nitrogens is 2. The maximum Gasteiger partial charge on any atom is 0.224 e. The van der Waals surface area contributed by atoms with Crippen LogP contribution in [0.2, 0.25) is 5.02 Å². The highest BCUT2D eigenvalue weighted by Crippen LogP contribution is 2.32. The molecule has 0 spiro atoms. The summed E-state index contributed by atoms with van der Waals surface area (Å²) in [4.78, 5) is 20.4. The minimum atomic E-state index is 0.0236. The van der Waals surface area contributed by atoms with Crippen LogP contribution < -0.4 is 5.32 Å². The van der Waals surface area contributed by atoms with E-state index in [1.54, 1.807) is 6.20 Å². The van der Waals surface area contributed by atoms with Crippen LogP contribution in [0.5, 0.6) is 0 Å². The number of H-pyrrole nitrogens is 1. The van der Waals surface area contributed by atoms with Crippen molar-refractivity contribution in [3.8, 4) is 11.4 Å². The molecule has 0 radical (unpaired) electrons. The quantitative estimate of drug-likeness (QED) is 0.378. The molecule has 1 amide bonds. The number of carbonyl (C=O) groups excluding carboxylic acids is 1. The lowest BCUT2D eigenvalue weighted by atomic mass is 10.0. The van der Waals surface area contributed by atoms with Gasteiger partial charge in [0.15, 0.2) is 0 Å². The van der Waals surface area contributed by atoms with E-state index < -0.39 is 0 Å². The number of nitrogens with zero attached hydrogens (tertiary/aromatic N) is 1. The SMILES string of the molecule is Cc1ccc(NC(=O)CCCc2c(-c3ccccn3)[nH]c3ccc(Cl)cc23)cc1C. The molecule has 0 atom stereocenters. The number of fused-ring (bicyclic) bond motifs is 1. The van der Waals surface area contributed by atoms with Gasteiger partial charge in [-0.1, -0.05) is 23.7 Å². The standard InChI is InChI=1S/C25H24ClN3O/c1-16-9-11-19(14-17(16)2)28-24(30)8-5-6-20-21-15-18(26)10-12-22(21)29-25(20)23-7-3-4-13-27-23/h3-4,7,9-15,29H,5-6,8H2,1-2H3,(H,28,30). The average Bonchev–Trinajstić information content (AvgIpc) is 3.09. The highest BCUT2D eigenvalue weighted by Gasteiger charge is 2.15. The first kappa shape index (κ1) is 20.2. The first-order valence-corrected chi connectivity index (χ1v) is 10.5. The normalized spacial score (nSPS) is 11.0. The van der Waals surface area contributed by atoms with Crippen molar-refractivity contribution >= 4 is 34.1 Å². The van der Waals surface area contributed by atoms with E-state index in [-0.39, 0.29) is 5.91 Å².